The molecular formula is C53H65ClF2N11O4+. The molecule has 71 heavy (non-hydrogen) atoms. The molecule has 2 aliphatic carbocycles. The van der Waals surface area contributed by atoms with Gasteiger partial charge in [-0.1, -0.05) is 39.3 Å². The minimum absolute atomic E-state index is 0.0189. The number of alkyl halides is 2. The molecule has 3 fully saturated rings. The molecule has 5 aliphatic rings. The molecule has 2 saturated carbocycles. The van der Waals surface area contributed by atoms with Gasteiger partial charge in [-0.3, -0.25) is 20.0 Å². The van der Waals surface area contributed by atoms with Crippen molar-refractivity contribution < 1.29 is 32.4 Å². The predicted octanol–water partition coefficient (Wildman–Crippen LogP) is 7.85. The molecule has 9 rings (SSSR count). The minimum atomic E-state index is -2.68. The van der Waals surface area contributed by atoms with E-state index in [2.05, 4.69) is 64.4 Å². The van der Waals surface area contributed by atoms with Crippen LogP contribution in [0.1, 0.15) is 119 Å². The van der Waals surface area contributed by atoms with Crippen LogP contribution in [-0.4, -0.2) is 115 Å². The third kappa shape index (κ3) is 10.2. The van der Waals surface area contributed by atoms with E-state index >= 15 is 0 Å². The van der Waals surface area contributed by atoms with Crippen LogP contribution in [0.15, 0.2) is 66.4 Å². The Kier molecular flexibility index (Phi) is 14.2. The molecule has 0 unspecified atom stereocenters. The summed E-state index contributed by atoms with van der Waals surface area (Å²) < 4.78 is 45.5. The van der Waals surface area contributed by atoms with Gasteiger partial charge < -0.3 is 29.9 Å². The van der Waals surface area contributed by atoms with Crippen LogP contribution in [0.4, 0.5) is 14.5 Å². The molecule has 18 heteroatoms. The number of nitrogens with zero attached hydrogens (tertiary/aromatic N) is 8. The number of carbonyl (C=O) groups is 2. The predicted molar refractivity (Wildman–Crippen MR) is 266 cm³/mol. The molecule has 0 spiro atoms. The van der Waals surface area contributed by atoms with Crippen molar-refractivity contribution in [3.63, 3.8) is 0 Å². The van der Waals surface area contributed by atoms with Crippen LogP contribution in [0.5, 0.6) is 11.8 Å². The first-order chi connectivity index (χ1) is 33.9. The average molecular weight is 994 g/mol. The first kappa shape index (κ1) is 49.8. The standard InChI is InChI=1S/C53H64ClF2N11O4/c1-31(68)66-21-17-44(42(30-66)47(58)67-18-7-8-32-22-40(35-28-61-64(6)29-35)41(46(55)56)24-45(32)67)62-36-15-19-65(20-16-36)37-10-13-38(14-11-37)71-51-59-26-34(27-60-51)48(69)63-49-52(2,3)50(53(49,4)5)70-39-12-9-33(25-57)43(54)23-39/h9,12,22-24,26-29,36-38,46,49-50H,7-8,10-11,13-21,30H2,1-6H3,(H3,58,62,63,69)/p+1. The van der Waals surface area contributed by atoms with Crippen LogP contribution in [0.2, 0.25) is 5.02 Å². The second-order valence-electron chi connectivity index (χ2n) is 21.1. The monoisotopic (exact) mass is 992 g/mol. The van der Waals surface area contributed by atoms with Gasteiger partial charge in [0.05, 0.1) is 41.0 Å². The number of piperidine rings is 1. The number of nitrogens with one attached hydrogen (secondary N) is 2. The van der Waals surface area contributed by atoms with Crippen LogP contribution in [0.25, 0.3) is 11.1 Å². The fourth-order valence-corrected chi connectivity index (χ4v) is 12.3. The SMILES string of the molecule is CC(=O)N1CCC(NC2CCN(C3CCC(Oc4ncc(C(=O)NC5C(C)(C)C(Oc6ccc(C#N)c(Cl)c6)C5(C)C)cn4)CC3)CC2)=C(C(N)=[N+]2CCCc3cc(-c4cnn(C)c4)c(C(F)F)cc32)C1. The van der Waals surface area contributed by atoms with Crippen molar-refractivity contribution in [3.05, 3.63) is 93.7 Å². The number of rotatable bonds is 12. The first-order valence-corrected chi connectivity index (χ1v) is 25.3. The second-order valence-corrected chi connectivity index (χ2v) is 21.5. The molecular weight excluding hydrogens is 928 g/mol. The number of likely N-dealkylation sites (tertiary alicyclic amines) is 1. The molecule has 376 valence electrons. The summed E-state index contributed by atoms with van der Waals surface area (Å²) in [5.41, 5.74) is 11.6. The number of nitrogens with two attached hydrogens (primary N) is 1. The Balaban J connectivity index is 0.778. The highest BCUT2D eigenvalue weighted by Crippen LogP contribution is 2.55. The van der Waals surface area contributed by atoms with E-state index in [0.29, 0.717) is 76.6 Å². The van der Waals surface area contributed by atoms with Gasteiger partial charge in [-0.15, -0.1) is 0 Å². The maximum absolute atomic E-state index is 14.7. The number of amides is 2. The minimum Gasteiger partial charge on any atom is -0.489 e. The van der Waals surface area contributed by atoms with Crippen molar-refractivity contribution in [2.75, 3.05) is 32.7 Å². The number of aryl methyl sites for hydroxylation is 2. The maximum atomic E-state index is 14.7. The van der Waals surface area contributed by atoms with E-state index in [9.17, 15) is 23.6 Å². The zero-order valence-electron chi connectivity index (χ0n) is 41.5. The van der Waals surface area contributed by atoms with Gasteiger partial charge in [0.2, 0.25) is 5.91 Å². The third-order valence-electron chi connectivity index (χ3n) is 15.7. The summed E-state index contributed by atoms with van der Waals surface area (Å²) in [6, 6.07) is 11.3. The summed E-state index contributed by atoms with van der Waals surface area (Å²) in [6.07, 6.45) is 11.3. The van der Waals surface area contributed by atoms with Crippen molar-refractivity contribution in [2.45, 2.75) is 129 Å². The van der Waals surface area contributed by atoms with E-state index in [0.717, 1.165) is 81.3 Å². The molecule has 15 nitrogen and oxygen atoms in total. The molecule has 4 aromatic rings. The Hall–Kier alpha value is -6.12. The number of hydrogen-bond donors (Lipinski definition) is 3. The third-order valence-corrected chi connectivity index (χ3v) is 16.0. The first-order valence-electron chi connectivity index (χ1n) is 24.9. The fraction of sp³-hybridized carbons (Fsp3) is 0.528. The number of hydrogen-bond acceptors (Lipinski definition) is 10. The fourth-order valence-electron chi connectivity index (χ4n) is 12.1. The summed E-state index contributed by atoms with van der Waals surface area (Å²) in [5, 5.41) is 20.9. The lowest BCUT2D eigenvalue weighted by Crippen LogP contribution is -2.74. The Bertz CT molecular complexity index is 2750. The Labute approximate surface area is 419 Å². The number of fused-ring (bicyclic) bond motifs is 1. The highest BCUT2D eigenvalue weighted by atomic mass is 35.5. The summed E-state index contributed by atoms with van der Waals surface area (Å²) in [6.45, 7) is 13.2. The van der Waals surface area contributed by atoms with Crippen molar-refractivity contribution in [1.29, 1.82) is 5.26 Å². The van der Waals surface area contributed by atoms with Crippen LogP contribution in [-0.2, 0) is 18.3 Å². The van der Waals surface area contributed by atoms with E-state index in [-0.39, 0.29) is 47.7 Å². The van der Waals surface area contributed by atoms with Crippen LogP contribution >= 0.6 is 11.6 Å². The van der Waals surface area contributed by atoms with Crippen molar-refractivity contribution in [1.82, 2.24) is 40.2 Å². The highest BCUT2D eigenvalue weighted by Gasteiger charge is 2.64. The molecule has 0 radical (unpaired) electrons. The van der Waals surface area contributed by atoms with Gasteiger partial charge in [0.25, 0.3) is 18.2 Å². The highest BCUT2D eigenvalue weighted by molar-refractivity contribution is 6.31. The number of benzene rings is 2. The number of halogens is 3. The van der Waals surface area contributed by atoms with Gasteiger partial charge in [0.15, 0.2) is 0 Å². The summed E-state index contributed by atoms with van der Waals surface area (Å²) >= 11 is 6.26. The zero-order chi connectivity index (χ0) is 50.4. The zero-order valence-corrected chi connectivity index (χ0v) is 42.2. The Morgan fingerprint density at radius 3 is 2.32 bits per heavy atom. The van der Waals surface area contributed by atoms with Gasteiger partial charge in [0, 0.05) is 110 Å². The Morgan fingerprint density at radius 2 is 1.69 bits per heavy atom. The van der Waals surface area contributed by atoms with E-state index in [1.807, 2.05) is 10.6 Å². The molecule has 5 heterocycles. The lowest BCUT2D eigenvalue weighted by Gasteiger charge is -2.63. The molecule has 2 aromatic carbocycles. The lowest BCUT2D eigenvalue weighted by atomic mass is 9.49. The van der Waals surface area contributed by atoms with Crippen LogP contribution in [0, 0.1) is 22.2 Å². The van der Waals surface area contributed by atoms with Crippen molar-refractivity contribution >= 4 is 34.9 Å². The van der Waals surface area contributed by atoms with Gasteiger partial charge in [0.1, 0.15) is 29.7 Å². The number of ether oxygens (including phenoxy) is 2. The van der Waals surface area contributed by atoms with Gasteiger partial charge in [-0.2, -0.15) is 10.4 Å². The Morgan fingerprint density at radius 1 is 0.972 bits per heavy atom. The van der Waals surface area contributed by atoms with E-state index < -0.39 is 17.3 Å². The van der Waals surface area contributed by atoms with E-state index in [1.54, 1.807) is 60.2 Å². The van der Waals surface area contributed by atoms with Gasteiger partial charge in [-0.05, 0) is 86.8 Å². The number of carbonyl (C=O) groups excluding carboxylic acids is 2. The molecule has 0 bridgehead atoms. The number of amidine groups is 1. The molecule has 2 amide bonds. The lowest BCUT2D eigenvalue weighted by molar-refractivity contribution is -0.447. The second kappa shape index (κ2) is 20.2. The largest absolute Gasteiger partial charge is 0.489 e. The molecule has 1 saturated heterocycles. The quantitative estimate of drug-likeness (QED) is 0.0930. The van der Waals surface area contributed by atoms with E-state index in [4.69, 9.17) is 26.8 Å². The smallest absolute Gasteiger partial charge is 0.316 e. The number of nitriles is 1. The average Bonchev–Trinajstić information content (AvgIpc) is 3.80. The molecule has 0 atom stereocenters. The van der Waals surface area contributed by atoms with Crippen LogP contribution < -0.4 is 25.8 Å². The summed E-state index contributed by atoms with van der Waals surface area (Å²) in [4.78, 5) is 39.4. The van der Waals surface area contributed by atoms with Gasteiger partial charge in [-0.25, -0.2) is 23.3 Å². The topological polar surface area (TPSA) is 180 Å². The summed E-state index contributed by atoms with van der Waals surface area (Å²) in [5.74, 6) is 0.778. The normalized spacial score (nSPS) is 24.1. The van der Waals surface area contributed by atoms with Crippen LogP contribution in [0.3, 0.4) is 0 Å². The number of aromatic nitrogens is 4. The van der Waals surface area contributed by atoms with E-state index in [1.165, 1.54) is 12.4 Å². The molecule has 4 N–H and O–H groups in total. The van der Waals surface area contributed by atoms with Crippen molar-refractivity contribution in [3.8, 4) is 29.0 Å². The maximum Gasteiger partial charge on any atom is 0.316 e. The van der Waals surface area contributed by atoms with Crippen molar-refractivity contribution in [2.24, 2.45) is 23.6 Å². The van der Waals surface area contributed by atoms with Gasteiger partial charge >= 0.3 is 6.01 Å². The summed E-state index contributed by atoms with van der Waals surface area (Å²) in [7, 11) is 1.77. The molecule has 3 aliphatic heterocycles. The molecule has 2 aromatic heterocycles.